The fourth-order valence-corrected chi connectivity index (χ4v) is 2.54. The second-order valence-electron chi connectivity index (χ2n) is 5.71. The van der Waals surface area contributed by atoms with Gasteiger partial charge in [0.25, 0.3) is 0 Å². The van der Waals surface area contributed by atoms with Gasteiger partial charge >= 0.3 is 0 Å². The van der Waals surface area contributed by atoms with Gasteiger partial charge in [-0.15, -0.1) is 24.8 Å². The van der Waals surface area contributed by atoms with Gasteiger partial charge in [0.05, 0.1) is 27.4 Å². The first-order valence-electron chi connectivity index (χ1n) is 8.28. The zero-order chi connectivity index (χ0) is 18.9. The normalized spacial score (nSPS) is 11.0. The molecule has 2 rings (SSSR count). The topological polar surface area (TPSA) is 86.6 Å². The molecular weight excluding hydrogens is 407 g/mol. The van der Waals surface area contributed by atoms with E-state index in [1.54, 1.807) is 33.6 Å². The fourth-order valence-electron chi connectivity index (χ4n) is 2.54. The third-order valence-electron chi connectivity index (χ3n) is 3.90. The van der Waals surface area contributed by atoms with E-state index >= 15 is 0 Å². The van der Waals surface area contributed by atoms with Crippen LogP contribution in [0.25, 0.3) is 0 Å². The predicted molar refractivity (Wildman–Crippen MR) is 112 cm³/mol. The third-order valence-corrected chi connectivity index (χ3v) is 3.90. The van der Waals surface area contributed by atoms with E-state index in [0.29, 0.717) is 30.5 Å². The number of ether oxygens (including phenoxy) is 3. The first-order chi connectivity index (χ1) is 12.6. The van der Waals surface area contributed by atoms with Gasteiger partial charge < -0.3 is 29.4 Å². The number of amides is 1. The molecule has 10 heteroatoms. The molecule has 1 amide bonds. The van der Waals surface area contributed by atoms with E-state index in [1.807, 2.05) is 29.9 Å². The molecule has 158 valence electrons. The molecule has 0 aliphatic rings. The lowest BCUT2D eigenvalue weighted by Crippen LogP contribution is -2.38. The van der Waals surface area contributed by atoms with Crippen molar-refractivity contribution < 1.29 is 19.0 Å². The van der Waals surface area contributed by atoms with Gasteiger partial charge in [0, 0.05) is 39.2 Å². The van der Waals surface area contributed by atoms with Gasteiger partial charge in [0.2, 0.25) is 5.91 Å². The van der Waals surface area contributed by atoms with Crippen molar-refractivity contribution in [2.45, 2.75) is 6.04 Å². The summed E-state index contributed by atoms with van der Waals surface area (Å²) in [5, 5.41) is 6.05. The summed E-state index contributed by atoms with van der Waals surface area (Å²) in [6, 6.07) is 5.07. The zero-order valence-corrected chi connectivity index (χ0v) is 18.1. The summed E-state index contributed by atoms with van der Waals surface area (Å²) in [6.07, 6.45) is 3.53. The van der Waals surface area contributed by atoms with Crippen LogP contribution in [0.4, 0.5) is 0 Å². The number of imidazole rings is 1. The highest BCUT2D eigenvalue weighted by molar-refractivity contribution is 5.85. The molecule has 1 aromatic heterocycles. The van der Waals surface area contributed by atoms with Crippen LogP contribution in [-0.4, -0.2) is 56.5 Å². The van der Waals surface area contributed by atoms with E-state index in [2.05, 4.69) is 15.6 Å². The summed E-state index contributed by atoms with van der Waals surface area (Å²) in [5.41, 5.74) is 0.820. The van der Waals surface area contributed by atoms with Crippen LogP contribution in [0, 0.1) is 0 Å². The fraction of sp³-hybridized carbons (Fsp3) is 0.444. The van der Waals surface area contributed by atoms with Crippen LogP contribution < -0.4 is 20.1 Å². The van der Waals surface area contributed by atoms with Gasteiger partial charge in [-0.05, 0) is 17.7 Å². The first-order valence-corrected chi connectivity index (χ1v) is 8.28. The van der Waals surface area contributed by atoms with E-state index in [9.17, 15) is 4.79 Å². The van der Waals surface area contributed by atoms with Crippen LogP contribution in [-0.2, 0) is 16.6 Å². The number of carbonyl (C=O) groups excluding carboxylic acids is 1. The maximum absolute atomic E-state index is 12.4. The Balaban J connectivity index is 0.00000364. The molecule has 28 heavy (non-hydrogen) atoms. The van der Waals surface area contributed by atoms with E-state index in [4.69, 9.17) is 14.2 Å². The maximum atomic E-state index is 12.4. The standard InChI is InChI=1S/C18H26N4O4.2ClH/c1-22-7-5-20-18(22)17(21-16(23)12-19-6-8-24-2)13-9-14(25-3)11-15(10-13)26-4;;/h5,7,9-11,17,19H,6,8,12H2,1-4H3,(H,21,23);2*1H. The predicted octanol–water partition coefficient (Wildman–Crippen LogP) is 1.72. The number of hydrogen-bond acceptors (Lipinski definition) is 6. The van der Waals surface area contributed by atoms with Crippen LogP contribution in [0.1, 0.15) is 17.4 Å². The highest BCUT2D eigenvalue weighted by Gasteiger charge is 2.22. The van der Waals surface area contributed by atoms with Crippen molar-refractivity contribution in [1.82, 2.24) is 20.2 Å². The summed E-state index contributed by atoms with van der Waals surface area (Å²) < 4.78 is 17.5. The van der Waals surface area contributed by atoms with Gasteiger partial charge in [0.15, 0.2) is 0 Å². The number of nitrogens with zero attached hydrogens (tertiary/aromatic N) is 2. The Morgan fingerprint density at radius 3 is 2.29 bits per heavy atom. The lowest BCUT2D eigenvalue weighted by atomic mass is 10.0. The minimum atomic E-state index is -0.435. The molecule has 0 aliphatic carbocycles. The quantitative estimate of drug-likeness (QED) is 0.553. The number of halogens is 2. The number of aromatic nitrogens is 2. The van der Waals surface area contributed by atoms with Crippen molar-refractivity contribution in [1.29, 1.82) is 0 Å². The van der Waals surface area contributed by atoms with Crippen LogP contribution in [0.3, 0.4) is 0 Å². The van der Waals surface area contributed by atoms with E-state index in [-0.39, 0.29) is 37.3 Å². The zero-order valence-electron chi connectivity index (χ0n) is 16.4. The highest BCUT2D eigenvalue weighted by Crippen LogP contribution is 2.29. The summed E-state index contributed by atoms with van der Waals surface area (Å²) >= 11 is 0. The van der Waals surface area contributed by atoms with Crippen molar-refractivity contribution in [3.63, 3.8) is 0 Å². The van der Waals surface area contributed by atoms with E-state index in [1.165, 1.54) is 0 Å². The third kappa shape index (κ3) is 7.20. The average molecular weight is 435 g/mol. The van der Waals surface area contributed by atoms with Crippen LogP contribution in [0.5, 0.6) is 11.5 Å². The molecule has 1 aromatic carbocycles. The molecule has 8 nitrogen and oxygen atoms in total. The minimum Gasteiger partial charge on any atom is -0.497 e. The summed E-state index contributed by atoms with van der Waals surface area (Å²) in [4.78, 5) is 16.8. The van der Waals surface area contributed by atoms with Crippen molar-refractivity contribution in [2.75, 3.05) is 41.0 Å². The molecule has 0 radical (unpaired) electrons. The number of nitrogens with one attached hydrogen (secondary N) is 2. The van der Waals surface area contributed by atoms with Crippen molar-refractivity contribution in [2.24, 2.45) is 7.05 Å². The van der Waals surface area contributed by atoms with Crippen molar-refractivity contribution in [3.8, 4) is 11.5 Å². The number of methoxy groups -OCH3 is 3. The number of benzene rings is 1. The number of carbonyl (C=O) groups is 1. The maximum Gasteiger partial charge on any atom is 0.234 e. The second kappa shape index (κ2) is 13.2. The molecular formula is C18H28Cl2N4O4. The Labute approximate surface area is 177 Å². The molecule has 0 saturated carbocycles. The Bertz CT molecular complexity index is 705. The molecule has 2 aromatic rings. The lowest BCUT2D eigenvalue weighted by molar-refractivity contribution is -0.120. The highest BCUT2D eigenvalue weighted by atomic mass is 35.5. The molecule has 0 bridgehead atoms. The van der Waals surface area contributed by atoms with Gasteiger partial charge in [-0.2, -0.15) is 0 Å². The Morgan fingerprint density at radius 1 is 1.14 bits per heavy atom. The largest absolute Gasteiger partial charge is 0.497 e. The molecule has 0 fully saturated rings. The Hall–Kier alpha value is -2.00. The van der Waals surface area contributed by atoms with Crippen molar-refractivity contribution >= 4 is 30.7 Å². The van der Waals surface area contributed by atoms with E-state index < -0.39 is 6.04 Å². The minimum absolute atomic E-state index is 0. The monoisotopic (exact) mass is 434 g/mol. The van der Waals surface area contributed by atoms with Crippen LogP contribution in [0.2, 0.25) is 0 Å². The Kier molecular flexibility index (Phi) is 12.3. The van der Waals surface area contributed by atoms with Gasteiger partial charge in [-0.25, -0.2) is 4.98 Å². The molecule has 0 aliphatic heterocycles. The summed E-state index contributed by atoms with van der Waals surface area (Å²) in [5.74, 6) is 1.86. The van der Waals surface area contributed by atoms with Gasteiger partial charge in [0.1, 0.15) is 23.4 Å². The van der Waals surface area contributed by atoms with Crippen LogP contribution in [0.15, 0.2) is 30.6 Å². The van der Waals surface area contributed by atoms with Crippen LogP contribution >= 0.6 is 24.8 Å². The second-order valence-corrected chi connectivity index (χ2v) is 5.71. The number of rotatable bonds is 10. The molecule has 2 N–H and O–H groups in total. The van der Waals surface area contributed by atoms with Gasteiger partial charge in [-0.3, -0.25) is 4.79 Å². The molecule has 0 saturated heterocycles. The lowest BCUT2D eigenvalue weighted by Gasteiger charge is -2.20. The molecule has 1 heterocycles. The molecule has 1 atom stereocenters. The average Bonchev–Trinajstić information content (AvgIpc) is 3.08. The molecule has 1 unspecified atom stereocenters. The first kappa shape index (κ1) is 26.0. The summed E-state index contributed by atoms with van der Waals surface area (Å²) in [6.45, 7) is 1.33. The van der Waals surface area contributed by atoms with E-state index in [0.717, 1.165) is 5.56 Å². The molecule has 0 spiro atoms. The SMILES string of the molecule is COCCNCC(=O)NC(c1cc(OC)cc(OC)c1)c1nccn1C.Cl.Cl. The van der Waals surface area contributed by atoms with Gasteiger partial charge in [-0.1, -0.05) is 0 Å². The Morgan fingerprint density at radius 2 is 1.79 bits per heavy atom. The summed E-state index contributed by atoms with van der Waals surface area (Å²) in [7, 11) is 6.68. The number of aryl methyl sites for hydroxylation is 1. The number of hydrogen-bond donors (Lipinski definition) is 2. The smallest absolute Gasteiger partial charge is 0.234 e. The van der Waals surface area contributed by atoms with Crippen molar-refractivity contribution in [3.05, 3.63) is 42.0 Å².